The molecule has 4 aromatic heterocycles. The van der Waals surface area contributed by atoms with Crippen molar-refractivity contribution in [1.82, 2.24) is 24.6 Å². The number of methoxy groups -OCH3 is 1. The number of aryl methyl sites for hydroxylation is 1. The Labute approximate surface area is 205 Å². The maximum absolute atomic E-state index is 13.9. The predicted molar refractivity (Wildman–Crippen MR) is 135 cm³/mol. The van der Waals surface area contributed by atoms with Crippen LogP contribution >= 0.6 is 0 Å². The Morgan fingerprint density at radius 2 is 1.83 bits per heavy atom. The molecule has 0 aliphatic carbocycles. The number of aromatic amines is 2. The van der Waals surface area contributed by atoms with Gasteiger partial charge in [0.1, 0.15) is 11.3 Å². The number of hydrogen-bond acceptors (Lipinski definition) is 6. The molecule has 0 bridgehead atoms. The molecule has 6 aromatic rings. The highest BCUT2D eigenvalue weighted by molar-refractivity contribution is 5.83. The van der Waals surface area contributed by atoms with Crippen LogP contribution in [0.15, 0.2) is 76.1 Å². The van der Waals surface area contributed by atoms with Gasteiger partial charge in [-0.3, -0.25) is 9.89 Å². The summed E-state index contributed by atoms with van der Waals surface area (Å²) in [4.78, 5) is 26.5. The molecule has 0 saturated heterocycles. The molecular weight excluding hydrogens is 458 g/mol. The first-order valence-electron chi connectivity index (χ1n) is 11.5. The van der Waals surface area contributed by atoms with Crippen LogP contribution in [0.1, 0.15) is 17.1 Å². The van der Waals surface area contributed by atoms with Gasteiger partial charge in [0.15, 0.2) is 16.7 Å². The van der Waals surface area contributed by atoms with Gasteiger partial charge in [-0.25, -0.2) is 14.5 Å². The fourth-order valence-corrected chi connectivity index (χ4v) is 4.41. The summed E-state index contributed by atoms with van der Waals surface area (Å²) in [5, 5.41) is 3.17. The molecule has 0 amide bonds. The number of rotatable bonds is 7. The van der Waals surface area contributed by atoms with Gasteiger partial charge in [-0.2, -0.15) is 0 Å². The highest BCUT2D eigenvalue weighted by Gasteiger charge is 2.24. The number of ether oxygens (including phenoxy) is 2. The summed E-state index contributed by atoms with van der Waals surface area (Å²) >= 11 is 0. The Bertz CT molecular complexity index is 1730. The molecule has 0 aliphatic rings. The van der Waals surface area contributed by atoms with Crippen LogP contribution in [0, 0.1) is 6.92 Å². The topological polar surface area (TPSA) is 110 Å². The molecule has 0 atom stereocenters. The smallest absolute Gasteiger partial charge is 0.285 e. The lowest BCUT2D eigenvalue weighted by molar-refractivity contribution is 0.102. The summed E-state index contributed by atoms with van der Waals surface area (Å²) in [5.74, 6) is 0.719. The van der Waals surface area contributed by atoms with Crippen LogP contribution in [0.25, 0.3) is 39.3 Å². The SMILES string of the molecule is COc1cccc2oc(-c3c(COCc4ccc[nH]4)nc4c(-c5ccccc5)c(C)[nH]n4c3=O)nc12. The summed E-state index contributed by atoms with van der Waals surface area (Å²) in [7, 11) is 1.57. The van der Waals surface area contributed by atoms with Crippen LogP contribution in [-0.4, -0.2) is 31.7 Å². The lowest BCUT2D eigenvalue weighted by Crippen LogP contribution is -2.21. The van der Waals surface area contributed by atoms with Crippen LogP contribution in [0.2, 0.25) is 0 Å². The minimum atomic E-state index is -0.325. The number of fused-ring (bicyclic) bond motifs is 2. The standard InChI is InChI=1S/C27H23N5O4/c1-16-22(17-8-4-3-5-9-17)25-29-19(15-35-14-18-10-7-13-28-18)23(27(33)32(25)31-16)26-30-24-20(34-2)11-6-12-21(24)36-26/h3-13,28,31H,14-15H2,1-2H3. The highest BCUT2D eigenvalue weighted by Crippen LogP contribution is 2.32. The van der Waals surface area contributed by atoms with Crippen molar-refractivity contribution < 1.29 is 13.9 Å². The molecule has 0 unspecified atom stereocenters. The molecular formula is C27H23N5O4. The minimum Gasteiger partial charge on any atom is -0.494 e. The van der Waals surface area contributed by atoms with Crippen molar-refractivity contribution in [3.63, 3.8) is 0 Å². The van der Waals surface area contributed by atoms with Crippen LogP contribution in [0.5, 0.6) is 5.75 Å². The van der Waals surface area contributed by atoms with Gasteiger partial charge in [0.25, 0.3) is 5.56 Å². The van der Waals surface area contributed by atoms with Crippen molar-refractivity contribution in [3.05, 3.63) is 94.3 Å². The lowest BCUT2D eigenvalue weighted by Gasteiger charge is -2.08. The van der Waals surface area contributed by atoms with E-state index in [4.69, 9.17) is 18.9 Å². The number of oxazole rings is 1. The summed E-state index contributed by atoms with van der Waals surface area (Å²) in [6.45, 7) is 2.35. The third kappa shape index (κ3) is 3.66. The molecule has 2 aromatic carbocycles. The van der Waals surface area contributed by atoms with Crippen LogP contribution in [0.3, 0.4) is 0 Å². The van der Waals surface area contributed by atoms with E-state index in [2.05, 4.69) is 15.1 Å². The summed E-state index contributed by atoms with van der Waals surface area (Å²) in [6, 6.07) is 19.1. The monoisotopic (exact) mass is 481 g/mol. The molecule has 0 radical (unpaired) electrons. The zero-order valence-electron chi connectivity index (χ0n) is 19.7. The maximum Gasteiger partial charge on any atom is 0.285 e. The first-order chi connectivity index (χ1) is 17.6. The molecule has 36 heavy (non-hydrogen) atoms. The Balaban J connectivity index is 1.54. The van der Waals surface area contributed by atoms with E-state index >= 15 is 0 Å². The summed E-state index contributed by atoms with van der Waals surface area (Å²) < 4.78 is 18.8. The number of benzene rings is 2. The average Bonchev–Trinajstić information content (AvgIpc) is 3.63. The number of hydrogen-bond donors (Lipinski definition) is 2. The molecule has 9 heteroatoms. The molecule has 0 aliphatic heterocycles. The van der Waals surface area contributed by atoms with Gasteiger partial charge in [0.2, 0.25) is 5.89 Å². The second-order valence-corrected chi connectivity index (χ2v) is 8.39. The summed E-state index contributed by atoms with van der Waals surface area (Å²) in [5.41, 5.74) is 5.46. The highest BCUT2D eigenvalue weighted by atomic mass is 16.5. The van der Waals surface area contributed by atoms with Crippen molar-refractivity contribution in [2.24, 2.45) is 0 Å². The quantitative estimate of drug-likeness (QED) is 0.337. The van der Waals surface area contributed by atoms with Gasteiger partial charge in [-0.15, -0.1) is 0 Å². The molecule has 0 saturated carbocycles. The van der Waals surface area contributed by atoms with Crippen molar-refractivity contribution >= 4 is 16.7 Å². The van der Waals surface area contributed by atoms with E-state index in [1.807, 2.05) is 61.7 Å². The Kier molecular flexibility index (Phi) is 5.38. The van der Waals surface area contributed by atoms with Gasteiger partial charge in [0.05, 0.1) is 26.0 Å². The number of nitrogens with one attached hydrogen (secondary N) is 2. The fourth-order valence-electron chi connectivity index (χ4n) is 4.41. The minimum absolute atomic E-state index is 0.0917. The van der Waals surface area contributed by atoms with Gasteiger partial charge in [-0.1, -0.05) is 36.4 Å². The second-order valence-electron chi connectivity index (χ2n) is 8.39. The zero-order valence-corrected chi connectivity index (χ0v) is 19.7. The van der Waals surface area contributed by atoms with Crippen LogP contribution in [-0.2, 0) is 18.0 Å². The van der Waals surface area contributed by atoms with Crippen molar-refractivity contribution in [2.75, 3.05) is 7.11 Å². The number of aromatic nitrogens is 5. The van der Waals surface area contributed by atoms with Crippen LogP contribution in [0.4, 0.5) is 0 Å². The predicted octanol–water partition coefficient (Wildman–Crippen LogP) is 4.86. The van der Waals surface area contributed by atoms with Crippen LogP contribution < -0.4 is 10.3 Å². The van der Waals surface area contributed by atoms with E-state index in [1.54, 1.807) is 19.2 Å². The van der Waals surface area contributed by atoms with E-state index in [9.17, 15) is 4.79 Å². The van der Waals surface area contributed by atoms with E-state index in [-0.39, 0.29) is 23.6 Å². The van der Waals surface area contributed by atoms with Crippen molar-refractivity contribution in [1.29, 1.82) is 0 Å². The van der Waals surface area contributed by atoms with Gasteiger partial charge < -0.3 is 18.9 Å². The van der Waals surface area contributed by atoms with Gasteiger partial charge in [-0.05, 0) is 36.8 Å². The molecule has 9 nitrogen and oxygen atoms in total. The van der Waals surface area contributed by atoms with E-state index in [1.165, 1.54) is 4.52 Å². The molecule has 2 N–H and O–H groups in total. The van der Waals surface area contributed by atoms with Gasteiger partial charge in [0, 0.05) is 23.1 Å². The third-order valence-corrected chi connectivity index (χ3v) is 6.07. The van der Waals surface area contributed by atoms with E-state index in [0.29, 0.717) is 34.8 Å². The largest absolute Gasteiger partial charge is 0.494 e. The Morgan fingerprint density at radius 1 is 0.972 bits per heavy atom. The molecule has 6 rings (SSSR count). The Hall–Kier alpha value is -4.63. The normalized spacial score (nSPS) is 11.5. The third-order valence-electron chi connectivity index (χ3n) is 6.07. The zero-order chi connectivity index (χ0) is 24.6. The Morgan fingerprint density at radius 3 is 2.61 bits per heavy atom. The van der Waals surface area contributed by atoms with E-state index in [0.717, 1.165) is 22.5 Å². The average molecular weight is 482 g/mol. The molecule has 180 valence electrons. The fraction of sp³-hybridized carbons (Fsp3) is 0.148. The van der Waals surface area contributed by atoms with Crippen molar-refractivity contribution in [3.8, 4) is 28.3 Å². The molecule has 4 heterocycles. The van der Waals surface area contributed by atoms with Crippen molar-refractivity contribution in [2.45, 2.75) is 20.1 Å². The first-order valence-corrected chi connectivity index (χ1v) is 11.5. The first kappa shape index (κ1) is 21.9. The molecule has 0 fully saturated rings. The van der Waals surface area contributed by atoms with E-state index < -0.39 is 0 Å². The second kappa shape index (κ2) is 8.86. The number of H-pyrrole nitrogens is 2. The number of para-hydroxylation sites is 1. The summed E-state index contributed by atoms with van der Waals surface area (Å²) in [6.07, 6.45) is 1.83. The lowest BCUT2D eigenvalue weighted by atomic mass is 10.1. The van der Waals surface area contributed by atoms with Gasteiger partial charge >= 0.3 is 0 Å². The molecule has 0 spiro atoms. The number of nitrogens with zero attached hydrogens (tertiary/aromatic N) is 3. The maximum atomic E-state index is 13.9.